The summed E-state index contributed by atoms with van der Waals surface area (Å²) < 4.78 is 0. The van der Waals surface area contributed by atoms with Crippen LogP contribution in [-0.4, -0.2) is 48.2 Å². The number of benzene rings is 1. The number of hydrogen-bond acceptors (Lipinski definition) is 3. The summed E-state index contributed by atoms with van der Waals surface area (Å²) in [6.07, 6.45) is 1.84. The van der Waals surface area contributed by atoms with Crippen molar-refractivity contribution in [3.8, 4) is 0 Å². The number of anilines is 1. The molecule has 108 valence electrons. The summed E-state index contributed by atoms with van der Waals surface area (Å²) in [7, 11) is 0. The lowest BCUT2D eigenvalue weighted by molar-refractivity contribution is -0.149. The Kier molecular flexibility index (Phi) is 3.85. The van der Waals surface area contributed by atoms with E-state index in [1.54, 1.807) is 0 Å². The van der Waals surface area contributed by atoms with Gasteiger partial charge in [-0.25, -0.2) is 0 Å². The molecule has 0 amide bonds. The van der Waals surface area contributed by atoms with Gasteiger partial charge in [-0.15, -0.1) is 0 Å². The quantitative estimate of drug-likeness (QED) is 0.929. The molecule has 1 N–H and O–H groups in total. The number of nitrogens with zero attached hydrogens (tertiary/aromatic N) is 2. The second-order valence-electron chi connectivity index (χ2n) is 5.56. The summed E-state index contributed by atoms with van der Waals surface area (Å²) in [5.74, 6) is -0.809. The van der Waals surface area contributed by atoms with Crippen molar-refractivity contribution in [3.63, 3.8) is 0 Å². The molecule has 5 heteroatoms. The molecule has 0 bridgehead atoms. The second kappa shape index (κ2) is 5.62. The molecule has 20 heavy (non-hydrogen) atoms. The van der Waals surface area contributed by atoms with E-state index in [9.17, 15) is 4.79 Å². The van der Waals surface area contributed by atoms with E-state index >= 15 is 0 Å². The number of hydrogen-bond donors (Lipinski definition) is 1. The topological polar surface area (TPSA) is 43.8 Å². The van der Waals surface area contributed by atoms with E-state index in [0.29, 0.717) is 0 Å². The molecule has 0 radical (unpaired) electrons. The van der Waals surface area contributed by atoms with Crippen molar-refractivity contribution < 1.29 is 9.90 Å². The Labute approximate surface area is 123 Å². The molecule has 1 aromatic carbocycles. The first kappa shape index (κ1) is 13.7. The molecule has 1 heterocycles. The Morgan fingerprint density at radius 2 is 1.85 bits per heavy atom. The van der Waals surface area contributed by atoms with Crippen LogP contribution in [0.2, 0.25) is 5.02 Å². The maximum absolute atomic E-state index is 11.1. The van der Waals surface area contributed by atoms with Crippen molar-refractivity contribution in [1.29, 1.82) is 0 Å². The predicted molar refractivity (Wildman–Crippen MR) is 79.4 cm³/mol. The molecule has 2 unspecified atom stereocenters. The molecular weight excluding hydrogens is 276 g/mol. The van der Waals surface area contributed by atoms with Gasteiger partial charge in [0.2, 0.25) is 0 Å². The van der Waals surface area contributed by atoms with Crippen LogP contribution in [0.3, 0.4) is 0 Å². The number of piperazine rings is 1. The van der Waals surface area contributed by atoms with Gasteiger partial charge in [-0.3, -0.25) is 9.69 Å². The molecule has 1 saturated heterocycles. The Morgan fingerprint density at radius 1 is 1.15 bits per heavy atom. The van der Waals surface area contributed by atoms with Gasteiger partial charge in [-0.2, -0.15) is 0 Å². The predicted octanol–water partition coefficient (Wildman–Crippen LogP) is 2.33. The average molecular weight is 295 g/mol. The number of aliphatic carboxylic acids is 1. The van der Waals surface area contributed by atoms with Crippen LogP contribution in [0.25, 0.3) is 0 Å². The van der Waals surface area contributed by atoms with Gasteiger partial charge >= 0.3 is 5.97 Å². The highest BCUT2D eigenvalue weighted by atomic mass is 35.5. The normalized spacial score (nSPS) is 27.1. The largest absolute Gasteiger partial charge is 0.481 e. The van der Waals surface area contributed by atoms with Gasteiger partial charge in [0.15, 0.2) is 0 Å². The minimum Gasteiger partial charge on any atom is -0.481 e. The van der Waals surface area contributed by atoms with Crippen molar-refractivity contribution in [2.45, 2.75) is 18.9 Å². The first-order valence-corrected chi connectivity index (χ1v) is 7.51. The van der Waals surface area contributed by atoms with Crippen molar-refractivity contribution in [2.24, 2.45) is 5.92 Å². The van der Waals surface area contributed by atoms with Crippen LogP contribution in [0.15, 0.2) is 24.3 Å². The SMILES string of the molecule is O=C(O)C1CCC1N1CCN(c2ccccc2Cl)CC1. The lowest BCUT2D eigenvalue weighted by Gasteiger charge is -2.46. The molecule has 1 aliphatic heterocycles. The van der Waals surface area contributed by atoms with Crippen molar-refractivity contribution >= 4 is 23.3 Å². The highest BCUT2D eigenvalue weighted by molar-refractivity contribution is 6.33. The zero-order chi connectivity index (χ0) is 14.1. The number of halogens is 1. The van der Waals surface area contributed by atoms with E-state index in [4.69, 9.17) is 16.7 Å². The van der Waals surface area contributed by atoms with Crippen LogP contribution in [0, 0.1) is 5.92 Å². The molecule has 0 aromatic heterocycles. The lowest BCUT2D eigenvalue weighted by Crippen LogP contribution is -2.57. The zero-order valence-corrected chi connectivity index (χ0v) is 12.1. The van der Waals surface area contributed by atoms with Crippen molar-refractivity contribution in [1.82, 2.24) is 4.90 Å². The van der Waals surface area contributed by atoms with Crippen LogP contribution in [0.4, 0.5) is 5.69 Å². The minimum atomic E-state index is -0.644. The van der Waals surface area contributed by atoms with Gasteiger partial charge in [-0.05, 0) is 25.0 Å². The summed E-state index contributed by atoms with van der Waals surface area (Å²) in [4.78, 5) is 15.7. The highest BCUT2D eigenvalue weighted by Crippen LogP contribution is 2.34. The van der Waals surface area contributed by atoms with Gasteiger partial charge in [-0.1, -0.05) is 23.7 Å². The second-order valence-corrected chi connectivity index (χ2v) is 5.97. The smallest absolute Gasteiger partial charge is 0.308 e. The van der Waals surface area contributed by atoms with E-state index in [0.717, 1.165) is 49.7 Å². The van der Waals surface area contributed by atoms with Crippen LogP contribution >= 0.6 is 11.6 Å². The number of carboxylic acids is 1. The Morgan fingerprint density at radius 3 is 2.40 bits per heavy atom. The molecule has 4 nitrogen and oxygen atoms in total. The van der Waals surface area contributed by atoms with E-state index < -0.39 is 5.97 Å². The van der Waals surface area contributed by atoms with E-state index in [-0.39, 0.29) is 12.0 Å². The monoisotopic (exact) mass is 294 g/mol. The van der Waals surface area contributed by atoms with Crippen LogP contribution in [0.1, 0.15) is 12.8 Å². The first-order valence-electron chi connectivity index (χ1n) is 7.13. The van der Waals surface area contributed by atoms with Gasteiger partial charge < -0.3 is 10.0 Å². The van der Waals surface area contributed by atoms with Crippen LogP contribution < -0.4 is 4.90 Å². The van der Waals surface area contributed by atoms with E-state index in [1.165, 1.54) is 0 Å². The maximum Gasteiger partial charge on any atom is 0.308 e. The molecule has 2 fully saturated rings. The van der Waals surface area contributed by atoms with Crippen molar-refractivity contribution in [3.05, 3.63) is 29.3 Å². The number of para-hydroxylation sites is 1. The molecule has 1 aliphatic carbocycles. The van der Waals surface area contributed by atoms with Gasteiger partial charge in [0.25, 0.3) is 0 Å². The third-order valence-electron chi connectivity index (χ3n) is 4.53. The summed E-state index contributed by atoms with van der Waals surface area (Å²) in [6, 6.07) is 8.13. The molecule has 3 rings (SSSR count). The third kappa shape index (κ3) is 2.50. The standard InChI is InChI=1S/C15H19ClN2O2/c16-12-3-1-2-4-14(12)18-9-7-17(8-10-18)13-6-5-11(13)15(19)20/h1-4,11,13H,5-10H2,(H,19,20). The molecule has 1 saturated carbocycles. The molecule has 1 aromatic rings. The summed E-state index contributed by atoms with van der Waals surface area (Å²) >= 11 is 6.23. The highest BCUT2D eigenvalue weighted by Gasteiger charge is 2.41. The van der Waals surface area contributed by atoms with Crippen molar-refractivity contribution in [2.75, 3.05) is 31.1 Å². The van der Waals surface area contributed by atoms with Crippen LogP contribution in [0.5, 0.6) is 0 Å². The van der Waals surface area contributed by atoms with E-state index in [2.05, 4.69) is 9.80 Å². The molecular formula is C15H19ClN2O2. The minimum absolute atomic E-state index is 0.165. The average Bonchev–Trinajstić information content (AvgIpc) is 2.38. The third-order valence-corrected chi connectivity index (χ3v) is 4.85. The van der Waals surface area contributed by atoms with Gasteiger partial charge in [0.05, 0.1) is 16.6 Å². The Bertz CT molecular complexity index is 500. The summed E-state index contributed by atoms with van der Waals surface area (Å²) in [5, 5.41) is 9.93. The Balaban J connectivity index is 1.60. The fourth-order valence-corrected chi connectivity index (χ4v) is 3.47. The zero-order valence-electron chi connectivity index (χ0n) is 11.3. The fourth-order valence-electron chi connectivity index (χ4n) is 3.21. The number of carboxylic acid groups (broad SMARTS) is 1. The Hall–Kier alpha value is -1.26. The molecule has 0 spiro atoms. The van der Waals surface area contributed by atoms with E-state index in [1.807, 2.05) is 24.3 Å². The molecule has 2 atom stereocenters. The number of carbonyl (C=O) groups is 1. The summed E-state index contributed by atoms with van der Waals surface area (Å²) in [5.41, 5.74) is 1.08. The lowest BCUT2D eigenvalue weighted by atomic mass is 9.78. The first-order chi connectivity index (χ1) is 9.66. The number of rotatable bonds is 3. The van der Waals surface area contributed by atoms with Gasteiger partial charge in [0, 0.05) is 32.2 Å². The van der Waals surface area contributed by atoms with Gasteiger partial charge in [0.1, 0.15) is 0 Å². The molecule has 2 aliphatic rings. The fraction of sp³-hybridized carbons (Fsp3) is 0.533. The van der Waals surface area contributed by atoms with Crippen LogP contribution in [-0.2, 0) is 4.79 Å². The maximum atomic E-state index is 11.1. The summed E-state index contributed by atoms with van der Waals surface area (Å²) in [6.45, 7) is 3.65.